The Labute approximate surface area is 97.1 Å². The van der Waals surface area contributed by atoms with Crippen LogP contribution in [0.25, 0.3) is 0 Å². The van der Waals surface area contributed by atoms with Gasteiger partial charge in [0.25, 0.3) is 0 Å². The van der Waals surface area contributed by atoms with Crippen molar-refractivity contribution in [3.05, 3.63) is 29.8 Å². The van der Waals surface area contributed by atoms with Crippen molar-refractivity contribution >= 4 is 23.0 Å². The normalized spacial score (nSPS) is 10.0. The second-order valence-electron chi connectivity index (χ2n) is 3.67. The highest BCUT2D eigenvalue weighted by molar-refractivity contribution is 7.80. The lowest BCUT2D eigenvalue weighted by atomic mass is 10.1. The molecular weight excluding hydrogens is 204 g/mol. The van der Waals surface area contributed by atoms with Crippen LogP contribution in [0.3, 0.4) is 0 Å². The zero-order valence-electron chi connectivity index (χ0n) is 9.36. The molecule has 0 unspecified atom stereocenters. The average Bonchev–Trinajstić information content (AvgIpc) is 2.26. The second-order valence-corrected chi connectivity index (χ2v) is 4.09. The molecule has 1 rings (SSSR count). The SMILES string of the molecule is CCCCc1ccc(N(C)C(N)=S)cc1. The number of anilines is 1. The highest BCUT2D eigenvalue weighted by Gasteiger charge is 2.02. The number of hydrogen-bond donors (Lipinski definition) is 1. The van der Waals surface area contributed by atoms with Crippen LogP contribution in [0, 0.1) is 0 Å². The van der Waals surface area contributed by atoms with Crippen LogP contribution in [-0.4, -0.2) is 12.2 Å². The van der Waals surface area contributed by atoms with E-state index in [0.29, 0.717) is 5.11 Å². The minimum Gasteiger partial charge on any atom is -0.376 e. The zero-order chi connectivity index (χ0) is 11.3. The van der Waals surface area contributed by atoms with Gasteiger partial charge < -0.3 is 10.6 Å². The Bertz CT molecular complexity index is 319. The van der Waals surface area contributed by atoms with Crippen LogP contribution in [0.15, 0.2) is 24.3 Å². The van der Waals surface area contributed by atoms with Crippen LogP contribution in [0.5, 0.6) is 0 Å². The molecule has 0 bridgehead atoms. The smallest absolute Gasteiger partial charge is 0.170 e. The molecule has 0 atom stereocenters. The van der Waals surface area contributed by atoms with Crippen LogP contribution < -0.4 is 10.6 Å². The highest BCUT2D eigenvalue weighted by atomic mass is 32.1. The van der Waals surface area contributed by atoms with Crippen molar-refractivity contribution in [3.63, 3.8) is 0 Å². The predicted octanol–water partition coefficient (Wildman–Crippen LogP) is 2.71. The first-order valence-corrected chi connectivity index (χ1v) is 5.68. The summed E-state index contributed by atoms with van der Waals surface area (Å²) in [6.45, 7) is 2.20. The van der Waals surface area contributed by atoms with Gasteiger partial charge in [-0.3, -0.25) is 0 Å². The number of thiocarbonyl (C=S) groups is 1. The van der Waals surface area contributed by atoms with Crippen LogP contribution in [0.1, 0.15) is 25.3 Å². The lowest BCUT2D eigenvalue weighted by Crippen LogP contribution is -2.31. The van der Waals surface area contributed by atoms with Gasteiger partial charge in [0, 0.05) is 12.7 Å². The van der Waals surface area contributed by atoms with Gasteiger partial charge in [-0.2, -0.15) is 0 Å². The molecule has 0 saturated heterocycles. The molecule has 1 aromatic rings. The minimum atomic E-state index is 0.399. The molecule has 82 valence electrons. The summed E-state index contributed by atoms with van der Waals surface area (Å²) < 4.78 is 0. The summed E-state index contributed by atoms with van der Waals surface area (Å²) in [6.07, 6.45) is 3.62. The summed E-state index contributed by atoms with van der Waals surface area (Å²) in [5.41, 5.74) is 7.96. The molecule has 0 saturated carbocycles. The van der Waals surface area contributed by atoms with Crippen LogP contribution in [-0.2, 0) is 6.42 Å². The van der Waals surface area contributed by atoms with E-state index in [1.165, 1.54) is 18.4 Å². The first-order chi connectivity index (χ1) is 7.15. The van der Waals surface area contributed by atoms with Crippen LogP contribution >= 0.6 is 12.2 Å². The molecule has 3 heteroatoms. The molecule has 2 nitrogen and oxygen atoms in total. The lowest BCUT2D eigenvalue weighted by molar-refractivity contribution is 0.795. The highest BCUT2D eigenvalue weighted by Crippen LogP contribution is 2.14. The largest absolute Gasteiger partial charge is 0.376 e. The fourth-order valence-electron chi connectivity index (χ4n) is 1.39. The molecule has 0 amide bonds. The molecule has 15 heavy (non-hydrogen) atoms. The van der Waals surface area contributed by atoms with Crippen molar-refractivity contribution in [2.45, 2.75) is 26.2 Å². The van der Waals surface area contributed by atoms with Gasteiger partial charge in [-0.1, -0.05) is 25.5 Å². The molecule has 0 fully saturated rings. The van der Waals surface area contributed by atoms with Crippen molar-refractivity contribution in [2.24, 2.45) is 5.73 Å². The molecule has 0 spiro atoms. The van der Waals surface area contributed by atoms with E-state index in [0.717, 1.165) is 12.1 Å². The summed E-state index contributed by atoms with van der Waals surface area (Å²) in [4.78, 5) is 1.80. The Balaban J connectivity index is 2.67. The monoisotopic (exact) mass is 222 g/mol. The number of nitrogens with two attached hydrogens (primary N) is 1. The van der Waals surface area contributed by atoms with E-state index in [9.17, 15) is 0 Å². The molecule has 0 aliphatic heterocycles. The third kappa shape index (κ3) is 3.51. The fraction of sp³-hybridized carbons (Fsp3) is 0.417. The molecular formula is C12H18N2S. The molecule has 2 N–H and O–H groups in total. The summed E-state index contributed by atoms with van der Waals surface area (Å²) in [7, 11) is 1.88. The lowest BCUT2D eigenvalue weighted by Gasteiger charge is -2.17. The van der Waals surface area contributed by atoms with Crippen molar-refractivity contribution in [1.29, 1.82) is 0 Å². The average molecular weight is 222 g/mol. The van der Waals surface area contributed by atoms with Crippen molar-refractivity contribution in [2.75, 3.05) is 11.9 Å². The van der Waals surface area contributed by atoms with E-state index in [1.807, 2.05) is 7.05 Å². The van der Waals surface area contributed by atoms with Crippen molar-refractivity contribution in [1.82, 2.24) is 0 Å². The summed E-state index contributed by atoms with van der Waals surface area (Å²) in [5.74, 6) is 0. The number of hydrogen-bond acceptors (Lipinski definition) is 1. The van der Waals surface area contributed by atoms with Crippen LogP contribution in [0.4, 0.5) is 5.69 Å². The summed E-state index contributed by atoms with van der Waals surface area (Å²) in [6, 6.07) is 8.40. The number of benzene rings is 1. The van der Waals surface area contributed by atoms with Gasteiger partial charge in [0.15, 0.2) is 5.11 Å². The van der Waals surface area contributed by atoms with Gasteiger partial charge in [-0.05, 0) is 42.8 Å². The van der Waals surface area contributed by atoms with Gasteiger partial charge in [0.2, 0.25) is 0 Å². The molecule has 0 aliphatic carbocycles. The number of rotatable bonds is 4. The number of aryl methyl sites for hydroxylation is 1. The summed E-state index contributed by atoms with van der Waals surface area (Å²) >= 11 is 4.91. The van der Waals surface area contributed by atoms with Crippen molar-refractivity contribution in [3.8, 4) is 0 Å². The maximum absolute atomic E-state index is 5.54. The Kier molecular flexibility index (Phi) is 4.56. The Morgan fingerprint density at radius 3 is 2.40 bits per heavy atom. The quantitative estimate of drug-likeness (QED) is 0.794. The standard InChI is InChI=1S/C12H18N2S/c1-3-4-5-10-6-8-11(9-7-10)14(2)12(13)15/h6-9H,3-5H2,1-2H3,(H2,13,15). The van der Waals surface area contributed by atoms with E-state index in [1.54, 1.807) is 4.90 Å². The van der Waals surface area contributed by atoms with Gasteiger partial charge in [0.1, 0.15) is 0 Å². The predicted molar refractivity (Wildman–Crippen MR) is 70.2 cm³/mol. The molecule has 1 aromatic carbocycles. The van der Waals surface area contributed by atoms with E-state index in [4.69, 9.17) is 18.0 Å². The fourth-order valence-corrected chi connectivity index (χ4v) is 1.50. The van der Waals surface area contributed by atoms with E-state index in [2.05, 4.69) is 31.2 Å². The molecule has 0 aliphatic rings. The maximum atomic E-state index is 5.54. The van der Waals surface area contributed by atoms with Crippen molar-refractivity contribution < 1.29 is 0 Å². The summed E-state index contributed by atoms with van der Waals surface area (Å²) in [5, 5.41) is 0.399. The molecule has 0 aromatic heterocycles. The third-order valence-electron chi connectivity index (χ3n) is 2.47. The van der Waals surface area contributed by atoms with Gasteiger partial charge in [-0.15, -0.1) is 0 Å². The Hall–Kier alpha value is -1.09. The van der Waals surface area contributed by atoms with Crippen LogP contribution in [0.2, 0.25) is 0 Å². The minimum absolute atomic E-state index is 0.399. The third-order valence-corrected chi connectivity index (χ3v) is 2.75. The Morgan fingerprint density at radius 2 is 1.93 bits per heavy atom. The zero-order valence-corrected chi connectivity index (χ0v) is 10.2. The Morgan fingerprint density at radius 1 is 1.33 bits per heavy atom. The van der Waals surface area contributed by atoms with E-state index < -0.39 is 0 Å². The molecule has 0 radical (unpaired) electrons. The number of nitrogens with zero attached hydrogens (tertiary/aromatic N) is 1. The second kappa shape index (κ2) is 5.71. The van der Waals surface area contributed by atoms with E-state index in [-0.39, 0.29) is 0 Å². The van der Waals surface area contributed by atoms with E-state index >= 15 is 0 Å². The van der Waals surface area contributed by atoms with Gasteiger partial charge in [0.05, 0.1) is 0 Å². The topological polar surface area (TPSA) is 29.3 Å². The first-order valence-electron chi connectivity index (χ1n) is 5.27. The molecule has 0 heterocycles. The van der Waals surface area contributed by atoms with Gasteiger partial charge in [-0.25, -0.2) is 0 Å². The first kappa shape index (κ1) is 12.0. The number of unbranched alkanes of at least 4 members (excludes halogenated alkanes) is 1. The van der Waals surface area contributed by atoms with Gasteiger partial charge >= 0.3 is 0 Å². The maximum Gasteiger partial charge on any atom is 0.170 e.